The second kappa shape index (κ2) is 7.01. The van der Waals surface area contributed by atoms with Crippen LogP contribution < -0.4 is 5.32 Å². The van der Waals surface area contributed by atoms with E-state index >= 15 is 0 Å². The topological polar surface area (TPSA) is 66.4 Å². The monoisotopic (exact) mass is 331 g/mol. The van der Waals surface area contributed by atoms with Gasteiger partial charge in [-0.05, 0) is 47.9 Å². The van der Waals surface area contributed by atoms with Crippen LogP contribution >= 0.6 is 0 Å². The fourth-order valence-corrected chi connectivity index (χ4v) is 2.68. The molecule has 2 N–H and O–H groups in total. The van der Waals surface area contributed by atoms with Crippen LogP contribution in [0, 0.1) is 6.92 Å². The number of carboxylic acids is 1. The molecule has 0 unspecified atom stereocenters. The maximum absolute atomic E-state index is 12.4. The number of carbonyl (C=O) groups is 2. The highest BCUT2D eigenvalue weighted by Crippen LogP contribution is 2.28. The average molecular weight is 331 g/mol. The molecule has 0 aliphatic carbocycles. The van der Waals surface area contributed by atoms with Crippen molar-refractivity contribution in [3.8, 4) is 11.1 Å². The predicted molar refractivity (Wildman–Crippen MR) is 98.0 cm³/mol. The molecule has 0 aromatic heterocycles. The minimum Gasteiger partial charge on any atom is -0.478 e. The number of amides is 1. The van der Waals surface area contributed by atoms with Gasteiger partial charge < -0.3 is 10.4 Å². The Kier molecular flexibility index (Phi) is 4.61. The number of hydrogen-bond acceptors (Lipinski definition) is 2. The van der Waals surface area contributed by atoms with E-state index in [0.29, 0.717) is 5.56 Å². The Morgan fingerprint density at radius 3 is 2.24 bits per heavy atom. The average Bonchev–Trinajstić information content (AvgIpc) is 2.62. The number of carbonyl (C=O) groups excluding carboxylic acids is 1. The first-order valence-electron chi connectivity index (χ1n) is 7.86. The van der Waals surface area contributed by atoms with Gasteiger partial charge in [0, 0.05) is 5.56 Å². The molecule has 0 atom stereocenters. The highest BCUT2D eigenvalue weighted by Gasteiger charge is 2.15. The van der Waals surface area contributed by atoms with Crippen LogP contribution in [0.25, 0.3) is 11.1 Å². The van der Waals surface area contributed by atoms with E-state index in [4.69, 9.17) is 0 Å². The molecular formula is C21H17NO3. The Balaban J connectivity index is 2.01. The van der Waals surface area contributed by atoms with Gasteiger partial charge in [0.2, 0.25) is 0 Å². The second-order valence-corrected chi connectivity index (χ2v) is 5.70. The Bertz CT molecular complexity index is 933. The minimum absolute atomic E-state index is 0.0571. The van der Waals surface area contributed by atoms with Crippen LogP contribution in [0.3, 0.4) is 0 Å². The molecule has 3 aromatic carbocycles. The zero-order valence-electron chi connectivity index (χ0n) is 13.7. The Labute approximate surface area is 145 Å². The Morgan fingerprint density at radius 1 is 0.880 bits per heavy atom. The summed E-state index contributed by atoms with van der Waals surface area (Å²) in [5.41, 5.74) is 3.73. The molecular weight excluding hydrogens is 314 g/mol. The molecule has 25 heavy (non-hydrogen) atoms. The van der Waals surface area contributed by atoms with Gasteiger partial charge in [-0.2, -0.15) is 0 Å². The van der Waals surface area contributed by atoms with Gasteiger partial charge >= 0.3 is 5.97 Å². The van der Waals surface area contributed by atoms with Crippen LogP contribution in [-0.4, -0.2) is 17.0 Å². The van der Waals surface area contributed by atoms with Gasteiger partial charge in [0.1, 0.15) is 0 Å². The molecule has 4 nitrogen and oxygen atoms in total. The fraction of sp³-hybridized carbons (Fsp3) is 0.0476. The lowest BCUT2D eigenvalue weighted by Crippen LogP contribution is -2.14. The third kappa shape index (κ3) is 3.58. The molecule has 3 rings (SSSR count). The van der Waals surface area contributed by atoms with Gasteiger partial charge in [-0.1, -0.05) is 48.5 Å². The van der Waals surface area contributed by atoms with Crippen molar-refractivity contribution >= 4 is 17.6 Å². The van der Waals surface area contributed by atoms with Crippen LogP contribution in [0.2, 0.25) is 0 Å². The third-order valence-electron chi connectivity index (χ3n) is 3.99. The van der Waals surface area contributed by atoms with E-state index in [2.05, 4.69) is 5.32 Å². The lowest BCUT2D eigenvalue weighted by Gasteiger charge is -2.12. The Hall–Kier alpha value is -3.40. The van der Waals surface area contributed by atoms with Gasteiger partial charge in [-0.25, -0.2) is 4.79 Å². The number of aryl methyl sites for hydroxylation is 1. The molecule has 4 heteroatoms. The van der Waals surface area contributed by atoms with Crippen molar-refractivity contribution in [3.63, 3.8) is 0 Å². The van der Waals surface area contributed by atoms with E-state index in [1.807, 2.05) is 37.3 Å². The molecule has 0 radical (unpaired) electrons. The first-order chi connectivity index (χ1) is 12.1. The van der Waals surface area contributed by atoms with Gasteiger partial charge in [-0.15, -0.1) is 0 Å². The summed E-state index contributed by atoms with van der Waals surface area (Å²) >= 11 is 0. The first-order valence-corrected chi connectivity index (χ1v) is 7.86. The van der Waals surface area contributed by atoms with Gasteiger partial charge in [0.15, 0.2) is 0 Å². The quantitative estimate of drug-likeness (QED) is 0.733. The van der Waals surface area contributed by atoms with Crippen molar-refractivity contribution in [3.05, 3.63) is 89.5 Å². The number of carboxylic acid groups (broad SMARTS) is 1. The molecule has 0 heterocycles. The van der Waals surface area contributed by atoms with Gasteiger partial charge in [0.25, 0.3) is 5.91 Å². The summed E-state index contributed by atoms with van der Waals surface area (Å²) in [6, 6.07) is 21.5. The zero-order valence-corrected chi connectivity index (χ0v) is 13.7. The Morgan fingerprint density at radius 2 is 1.56 bits per heavy atom. The second-order valence-electron chi connectivity index (χ2n) is 5.70. The lowest BCUT2D eigenvalue weighted by molar-refractivity contribution is 0.0698. The van der Waals surface area contributed by atoms with Crippen molar-refractivity contribution in [2.45, 2.75) is 6.92 Å². The summed E-state index contributed by atoms with van der Waals surface area (Å²) in [5.74, 6) is -1.43. The van der Waals surface area contributed by atoms with Crippen molar-refractivity contribution in [1.82, 2.24) is 0 Å². The van der Waals surface area contributed by atoms with Gasteiger partial charge in [0.05, 0.1) is 11.3 Å². The van der Waals surface area contributed by atoms with Crippen LogP contribution in [0.5, 0.6) is 0 Å². The van der Waals surface area contributed by atoms with Crippen molar-refractivity contribution in [2.75, 3.05) is 5.32 Å². The number of rotatable bonds is 4. The van der Waals surface area contributed by atoms with Crippen molar-refractivity contribution in [2.24, 2.45) is 0 Å². The molecule has 0 bridgehead atoms. The van der Waals surface area contributed by atoms with Gasteiger partial charge in [-0.3, -0.25) is 4.79 Å². The van der Waals surface area contributed by atoms with E-state index in [-0.39, 0.29) is 17.2 Å². The van der Waals surface area contributed by atoms with E-state index in [9.17, 15) is 14.7 Å². The van der Waals surface area contributed by atoms with E-state index in [0.717, 1.165) is 16.7 Å². The summed E-state index contributed by atoms with van der Waals surface area (Å²) < 4.78 is 0. The molecule has 0 spiro atoms. The zero-order chi connectivity index (χ0) is 17.8. The summed E-state index contributed by atoms with van der Waals surface area (Å²) in [4.78, 5) is 23.9. The molecule has 0 saturated heterocycles. The highest BCUT2D eigenvalue weighted by atomic mass is 16.4. The molecule has 0 fully saturated rings. The standard InChI is InChI=1S/C21H17NO3/c1-14-7-5-6-10-17(14)16-11-12-18(21(24)25)19(13-16)22-20(23)15-8-3-2-4-9-15/h2-13H,1H3,(H,22,23)(H,24,25). The molecule has 0 aliphatic rings. The maximum Gasteiger partial charge on any atom is 0.337 e. The summed E-state index contributed by atoms with van der Waals surface area (Å²) in [6.45, 7) is 1.99. The number of anilines is 1. The van der Waals surface area contributed by atoms with Crippen molar-refractivity contribution < 1.29 is 14.7 Å². The molecule has 0 aliphatic heterocycles. The fourth-order valence-electron chi connectivity index (χ4n) is 2.68. The maximum atomic E-state index is 12.4. The number of benzene rings is 3. The van der Waals surface area contributed by atoms with Crippen LogP contribution in [0.1, 0.15) is 26.3 Å². The summed E-state index contributed by atoms with van der Waals surface area (Å²) in [7, 11) is 0. The van der Waals surface area contributed by atoms with Crippen molar-refractivity contribution in [1.29, 1.82) is 0 Å². The minimum atomic E-state index is -1.08. The lowest BCUT2D eigenvalue weighted by atomic mass is 9.98. The smallest absolute Gasteiger partial charge is 0.337 e. The number of aromatic carboxylic acids is 1. The van der Waals surface area contributed by atoms with E-state index in [1.165, 1.54) is 6.07 Å². The van der Waals surface area contributed by atoms with E-state index in [1.54, 1.807) is 36.4 Å². The predicted octanol–water partition coefficient (Wildman–Crippen LogP) is 4.61. The number of nitrogens with one attached hydrogen (secondary N) is 1. The van der Waals surface area contributed by atoms with Crippen LogP contribution in [0.4, 0.5) is 5.69 Å². The third-order valence-corrected chi connectivity index (χ3v) is 3.99. The highest BCUT2D eigenvalue weighted by molar-refractivity contribution is 6.08. The normalized spacial score (nSPS) is 10.3. The molecule has 3 aromatic rings. The largest absolute Gasteiger partial charge is 0.478 e. The van der Waals surface area contributed by atoms with E-state index < -0.39 is 5.97 Å². The molecule has 1 amide bonds. The first kappa shape index (κ1) is 16.5. The van der Waals surface area contributed by atoms with Crippen LogP contribution in [0.15, 0.2) is 72.8 Å². The van der Waals surface area contributed by atoms with Crippen LogP contribution in [-0.2, 0) is 0 Å². The summed E-state index contributed by atoms with van der Waals surface area (Å²) in [6.07, 6.45) is 0. The summed E-state index contributed by atoms with van der Waals surface area (Å²) in [5, 5.41) is 12.1. The molecule has 0 saturated carbocycles. The SMILES string of the molecule is Cc1ccccc1-c1ccc(C(=O)O)c(NC(=O)c2ccccc2)c1. The molecule has 124 valence electrons. The number of hydrogen-bond donors (Lipinski definition) is 2.